The third kappa shape index (κ3) is 7.34. The highest BCUT2D eigenvalue weighted by atomic mass is 16.7. The quantitative estimate of drug-likeness (QED) is 0.468. The molecule has 2 rings (SSSR count). The van der Waals surface area contributed by atoms with Crippen molar-refractivity contribution in [2.45, 2.75) is 71.4 Å². The summed E-state index contributed by atoms with van der Waals surface area (Å²) in [6.45, 7) is 7.54. The summed E-state index contributed by atoms with van der Waals surface area (Å²) in [5, 5.41) is 0. The normalized spacial score (nSPS) is 32.4. The number of rotatable bonds is 9. The molecule has 0 spiro atoms. The molecule has 0 saturated carbocycles. The molecule has 0 amide bonds. The van der Waals surface area contributed by atoms with Crippen LogP contribution in [0.25, 0.3) is 0 Å². The molecule has 2 aliphatic rings. The van der Waals surface area contributed by atoms with Gasteiger partial charge in [0.05, 0.1) is 26.4 Å². The maximum atomic E-state index is 5.83. The molecule has 134 valence electrons. The van der Waals surface area contributed by atoms with Crippen molar-refractivity contribution in [3.63, 3.8) is 0 Å². The van der Waals surface area contributed by atoms with Crippen molar-refractivity contribution in [3.8, 4) is 0 Å². The van der Waals surface area contributed by atoms with Gasteiger partial charge in [-0.25, -0.2) is 0 Å². The standard InChI is InChI=1S/C19H34O4/c1-3-5-7-9-18-20-14-17(15-21-18)10-11-19-22-12-16(13-23-19)8-6-4-2/h6,8,16-19H,3-5,7,9-15H2,1-2H3/b8-6+/t16-,17?,18?,19-. The second-order valence-corrected chi connectivity index (χ2v) is 6.73. The Bertz CT molecular complexity index is 315. The second kappa shape index (κ2) is 11.2. The van der Waals surface area contributed by atoms with Crippen molar-refractivity contribution in [1.82, 2.24) is 0 Å². The minimum Gasteiger partial charge on any atom is -0.352 e. The lowest BCUT2D eigenvalue weighted by atomic mass is 10.0. The van der Waals surface area contributed by atoms with Crippen LogP contribution in [0.15, 0.2) is 12.2 Å². The lowest BCUT2D eigenvalue weighted by Gasteiger charge is -2.32. The van der Waals surface area contributed by atoms with Gasteiger partial charge in [-0.2, -0.15) is 0 Å². The molecule has 0 radical (unpaired) electrons. The van der Waals surface area contributed by atoms with E-state index < -0.39 is 0 Å². The first-order valence-corrected chi connectivity index (χ1v) is 9.44. The molecule has 0 aliphatic carbocycles. The molecule has 0 unspecified atom stereocenters. The first-order chi connectivity index (χ1) is 11.3. The Balaban J connectivity index is 1.53. The fourth-order valence-corrected chi connectivity index (χ4v) is 3.01. The largest absolute Gasteiger partial charge is 0.352 e. The summed E-state index contributed by atoms with van der Waals surface area (Å²) in [6, 6.07) is 0. The van der Waals surface area contributed by atoms with E-state index in [1.807, 2.05) is 0 Å². The molecular formula is C19H34O4. The SMILES string of the molecule is CC/C=C/[C@H]1CO[C@H](CCC2COC(CCCCC)OC2)OC1. The molecule has 2 heterocycles. The van der Waals surface area contributed by atoms with Gasteiger partial charge < -0.3 is 18.9 Å². The Hall–Kier alpha value is -0.420. The minimum absolute atomic E-state index is 0.0195. The van der Waals surface area contributed by atoms with Gasteiger partial charge in [0.25, 0.3) is 0 Å². The maximum absolute atomic E-state index is 5.83. The fourth-order valence-electron chi connectivity index (χ4n) is 3.01. The van der Waals surface area contributed by atoms with Crippen LogP contribution in [0.3, 0.4) is 0 Å². The Labute approximate surface area is 141 Å². The zero-order chi connectivity index (χ0) is 16.3. The van der Waals surface area contributed by atoms with E-state index in [2.05, 4.69) is 26.0 Å². The van der Waals surface area contributed by atoms with Crippen LogP contribution < -0.4 is 0 Å². The lowest BCUT2D eigenvalue weighted by molar-refractivity contribution is -0.216. The van der Waals surface area contributed by atoms with Gasteiger partial charge in [-0.1, -0.05) is 38.8 Å². The van der Waals surface area contributed by atoms with Gasteiger partial charge in [-0.15, -0.1) is 0 Å². The summed E-state index contributed by atoms with van der Waals surface area (Å²) >= 11 is 0. The van der Waals surface area contributed by atoms with E-state index in [0.29, 0.717) is 11.8 Å². The summed E-state index contributed by atoms with van der Waals surface area (Å²) in [6.07, 6.45) is 12.1. The Morgan fingerprint density at radius 3 is 2.09 bits per heavy atom. The average molecular weight is 326 g/mol. The van der Waals surface area contributed by atoms with Gasteiger partial charge in [0.15, 0.2) is 12.6 Å². The van der Waals surface area contributed by atoms with Gasteiger partial charge in [0, 0.05) is 11.8 Å². The van der Waals surface area contributed by atoms with Crippen LogP contribution in [0.1, 0.15) is 58.8 Å². The van der Waals surface area contributed by atoms with Crippen LogP contribution in [0.5, 0.6) is 0 Å². The van der Waals surface area contributed by atoms with Gasteiger partial charge in [-0.3, -0.25) is 0 Å². The topological polar surface area (TPSA) is 36.9 Å². The van der Waals surface area contributed by atoms with E-state index in [1.165, 1.54) is 19.3 Å². The van der Waals surface area contributed by atoms with Gasteiger partial charge in [0.1, 0.15) is 0 Å². The van der Waals surface area contributed by atoms with E-state index in [0.717, 1.165) is 52.1 Å². The minimum atomic E-state index is -0.0523. The van der Waals surface area contributed by atoms with Crippen molar-refractivity contribution >= 4 is 0 Å². The molecule has 0 aromatic heterocycles. The van der Waals surface area contributed by atoms with Gasteiger partial charge in [-0.05, 0) is 32.1 Å². The molecule has 0 aromatic carbocycles. The lowest BCUT2D eigenvalue weighted by Crippen LogP contribution is -2.34. The maximum Gasteiger partial charge on any atom is 0.157 e. The smallest absolute Gasteiger partial charge is 0.157 e. The molecule has 4 nitrogen and oxygen atoms in total. The molecule has 2 saturated heterocycles. The average Bonchev–Trinajstić information content (AvgIpc) is 2.60. The third-order valence-electron chi connectivity index (χ3n) is 4.53. The van der Waals surface area contributed by atoms with E-state index in [9.17, 15) is 0 Å². The number of hydrogen-bond acceptors (Lipinski definition) is 4. The molecule has 0 N–H and O–H groups in total. The summed E-state index contributed by atoms with van der Waals surface area (Å²) < 4.78 is 23.3. The highest BCUT2D eigenvalue weighted by molar-refractivity contribution is 4.88. The predicted octanol–water partition coefficient (Wildman–Crippen LogP) is 4.29. The van der Waals surface area contributed by atoms with Crippen molar-refractivity contribution in [1.29, 1.82) is 0 Å². The second-order valence-electron chi connectivity index (χ2n) is 6.73. The third-order valence-corrected chi connectivity index (χ3v) is 4.53. The highest BCUT2D eigenvalue weighted by Crippen LogP contribution is 2.23. The number of ether oxygens (including phenoxy) is 4. The van der Waals surface area contributed by atoms with Crippen LogP contribution >= 0.6 is 0 Å². The highest BCUT2D eigenvalue weighted by Gasteiger charge is 2.25. The van der Waals surface area contributed by atoms with Crippen molar-refractivity contribution in [3.05, 3.63) is 12.2 Å². The number of unbranched alkanes of at least 4 members (excludes halogenated alkanes) is 2. The first-order valence-electron chi connectivity index (χ1n) is 9.44. The van der Waals surface area contributed by atoms with Crippen LogP contribution in [-0.2, 0) is 18.9 Å². The zero-order valence-electron chi connectivity index (χ0n) is 14.9. The van der Waals surface area contributed by atoms with Crippen molar-refractivity contribution in [2.24, 2.45) is 11.8 Å². The van der Waals surface area contributed by atoms with Crippen LogP contribution in [0.2, 0.25) is 0 Å². The molecule has 0 aromatic rings. The molecule has 0 bridgehead atoms. The number of allylic oxidation sites excluding steroid dienone is 1. The Morgan fingerprint density at radius 2 is 1.43 bits per heavy atom. The van der Waals surface area contributed by atoms with Gasteiger partial charge >= 0.3 is 0 Å². The summed E-state index contributed by atoms with van der Waals surface area (Å²) in [4.78, 5) is 0. The fraction of sp³-hybridized carbons (Fsp3) is 0.895. The zero-order valence-corrected chi connectivity index (χ0v) is 14.9. The molecule has 2 aliphatic heterocycles. The Kier molecular flexibility index (Phi) is 9.20. The van der Waals surface area contributed by atoms with Gasteiger partial charge in [0.2, 0.25) is 0 Å². The summed E-state index contributed by atoms with van der Waals surface area (Å²) in [5.74, 6) is 0.888. The van der Waals surface area contributed by atoms with E-state index >= 15 is 0 Å². The van der Waals surface area contributed by atoms with Crippen LogP contribution in [0, 0.1) is 11.8 Å². The monoisotopic (exact) mass is 326 g/mol. The molecular weight excluding hydrogens is 292 g/mol. The Morgan fingerprint density at radius 1 is 0.783 bits per heavy atom. The predicted molar refractivity (Wildman–Crippen MR) is 91.2 cm³/mol. The van der Waals surface area contributed by atoms with E-state index in [-0.39, 0.29) is 12.6 Å². The molecule has 0 atom stereocenters. The van der Waals surface area contributed by atoms with Crippen molar-refractivity contribution in [2.75, 3.05) is 26.4 Å². The van der Waals surface area contributed by atoms with E-state index in [4.69, 9.17) is 18.9 Å². The molecule has 4 heteroatoms. The van der Waals surface area contributed by atoms with Crippen LogP contribution in [-0.4, -0.2) is 39.0 Å². The van der Waals surface area contributed by atoms with Crippen LogP contribution in [0.4, 0.5) is 0 Å². The summed E-state index contributed by atoms with van der Waals surface area (Å²) in [7, 11) is 0. The molecule has 2 fully saturated rings. The summed E-state index contributed by atoms with van der Waals surface area (Å²) in [5.41, 5.74) is 0. The van der Waals surface area contributed by atoms with Crippen molar-refractivity contribution < 1.29 is 18.9 Å². The van der Waals surface area contributed by atoms with E-state index in [1.54, 1.807) is 0 Å². The first kappa shape index (κ1) is 18.9. The molecule has 23 heavy (non-hydrogen) atoms. The number of hydrogen-bond donors (Lipinski definition) is 0.